The number of allylic oxidation sites excluding steroid dienone is 2. The molecule has 1 fully saturated rings. The summed E-state index contributed by atoms with van der Waals surface area (Å²) in [4.78, 5) is 29.8. The number of hydrogen-bond acceptors (Lipinski definition) is 5. The fourth-order valence-corrected chi connectivity index (χ4v) is 5.44. The third-order valence-electron chi connectivity index (χ3n) is 7.77. The second kappa shape index (κ2) is 10.6. The molecule has 1 atom stereocenters. The highest BCUT2D eigenvalue weighted by Crippen LogP contribution is 2.42. The van der Waals surface area contributed by atoms with Gasteiger partial charge in [-0.1, -0.05) is 85.0 Å². The number of nitrogens with zero attached hydrogens (tertiary/aromatic N) is 5. The zero-order chi connectivity index (χ0) is 29.4. The number of amides is 2. The number of aromatic nitrogens is 2. The van der Waals surface area contributed by atoms with Gasteiger partial charge in [-0.25, -0.2) is 19.8 Å². The van der Waals surface area contributed by atoms with Gasteiger partial charge in [-0.15, -0.1) is 0 Å². The number of carbonyl (C=O) groups excluding carboxylic acids is 1. The number of methoxy groups -OCH3 is 1. The lowest BCUT2D eigenvalue weighted by atomic mass is 9.85. The first-order valence-electron chi connectivity index (χ1n) is 13.7. The summed E-state index contributed by atoms with van der Waals surface area (Å²) in [6.07, 6.45) is 3.29. The Labute approximate surface area is 245 Å². The standard InChI is InChI=1S/C34H32N6O2/c1-22(2)26-10-6-24(7-11-26)18-39-21-37-30-31(39)35-20-36-32-34(30,28-14-16-29(42-5)17-15-28)38-33(41)40(32)19-25-8-12-27(13-9-25)23(3)4/h6-17,20-21H,1,3,18-19H2,2,4-5H3,(H,38,41). The minimum Gasteiger partial charge on any atom is -0.497 e. The summed E-state index contributed by atoms with van der Waals surface area (Å²) in [5, 5.41) is 3.25. The van der Waals surface area contributed by atoms with E-state index < -0.39 is 5.54 Å². The molecule has 0 bridgehead atoms. The Bertz CT molecular complexity index is 1750. The number of hydrogen-bond donors (Lipinski definition) is 1. The lowest BCUT2D eigenvalue weighted by Crippen LogP contribution is -2.45. The van der Waals surface area contributed by atoms with Gasteiger partial charge in [0.05, 0.1) is 26.5 Å². The van der Waals surface area contributed by atoms with Crippen LogP contribution in [0.2, 0.25) is 0 Å². The molecular weight excluding hydrogens is 524 g/mol. The number of aliphatic imine (C=N–C) groups is 2. The van der Waals surface area contributed by atoms with E-state index in [0.717, 1.165) is 39.0 Å². The molecule has 4 aromatic rings. The average Bonchev–Trinajstić information content (AvgIpc) is 3.46. The third-order valence-corrected chi connectivity index (χ3v) is 7.77. The maximum absolute atomic E-state index is 13.7. The highest BCUT2D eigenvalue weighted by Gasteiger charge is 2.55. The zero-order valence-corrected chi connectivity index (χ0v) is 24.0. The van der Waals surface area contributed by atoms with Crippen molar-refractivity contribution in [2.45, 2.75) is 32.5 Å². The Kier molecular flexibility index (Phi) is 6.82. The number of amidine groups is 1. The van der Waals surface area contributed by atoms with E-state index in [1.54, 1.807) is 18.3 Å². The summed E-state index contributed by atoms with van der Waals surface area (Å²) < 4.78 is 7.40. The van der Waals surface area contributed by atoms with Crippen LogP contribution in [0.3, 0.4) is 0 Å². The average molecular weight is 557 g/mol. The van der Waals surface area contributed by atoms with Gasteiger partial charge in [-0.05, 0) is 53.8 Å². The van der Waals surface area contributed by atoms with Gasteiger partial charge in [0, 0.05) is 0 Å². The molecule has 3 heterocycles. The topological polar surface area (TPSA) is 84.1 Å². The van der Waals surface area contributed by atoms with Gasteiger partial charge < -0.3 is 14.6 Å². The van der Waals surface area contributed by atoms with Gasteiger partial charge in [-0.2, -0.15) is 0 Å². The van der Waals surface area contributed by atoms with Crippen LogP contribution in [0, 0.1) is 0 Å². The van der Waals surface area contributed by atoms with Crippen molar-refractivity contribution in [3.8, 4) is 5.75 Å². The molecule has 0 radical (unpaired) electrons. The zero-order valence-electron chi connectivity index (χ0n) is 24.0. The van der Waals surface area contributed by atoms with Crippen molar-refractivity contribution in [2.24, 2.45) is 9.98 Å². The molecule has 8 heteroatoms. The Balaban J connectivity index is 1.43. The molecule has 1 unspecified atom stereocenters. The van der Waals surface area contributed by atoms with Gasteiger partial charge in [0.15, 0.2) is 17.2 Å². The Morgan fingerprint density at radius 2 is 1.48 bits per heavy atom. The first-order chi connectivity index (χ1) is 20.3. The van der Waals surface area contributed by atoms with Crippen LogP contribution in [0.15, 0.2) is 102 Å². The van der Waals surface area contributed by atoms with Gasteiger partial charge in [0.25, 0.3) is 0 Å². The lowest BCUT2D eigenvalue weighted by molar-refractivity contribution is 0.225. The minimum atomic E-state index is -1.15. The molecule has 1 saturated heterocycles. The van der Waals surface area contributed by atoms with Gasteiger partial charge in [0.1, 0.15) is 17.8 Å². The van der Waals surface area contributed by atoms with E-state index in [2.05, 4.69) is 42.7 Å². The number of fused-ring (bicyclic) bond motifs is 3. The van der Waals surface area contributed by atoms with E-state index in [-0.39, 0.29) is 6.03 Å². The van der Waals surface area contributed by atoms with Crippen molar-refractivity contribution in [3.63, 3.8) is 0 Å². The van der Waals surface area contributed by atoms with Crippen LogP contribution in [0.1, 0.15) is 47.4 Å². The summed E-state index contributed by atoms with van der Waals surface area (Å²) in [6, 6.07) is 23.7. The molecule has 210 valence electrons. The van der Waals surface area contributed by atoms with Crippen LogP contribution >= 0.6 is 0 Å². The number of benzene rings is 3. The van der Waals surface area contributed by atoms with Crippen LogP contribution in [-0.4, -0.2) is 39.8 Å². The van der Waals surface area contributed by atoms with Crippen molar-refractivity contribution in [1.29, 1.82) is 0 Å². The summed E-state index contributed by atoms with van der Waals surface area (Å²) in [5.74, 6) is 1.85. The summed E-state index contributed by atoms with van der Waals surface area (Å²) in [6.45, 7) is 12.9. The number of ether oxygens (including phenoxy) is 1. The number of nitrogens with one attached hydrogen (secondary N) is 1. The number of rotatable bonds is 8. The van der Waals surface area contributed by atoms with Crippen molar-refractivity contribution in [3.05, 3.63) is 126 Å². The van der Waals surface area contributed by atoms with Gasteiger partial charge >= 0.3 is 6.03 Å². The quantitative estimate of drug-likeness (QED) is 0.267. The minimum absolute atomic E-state index is 0.264. The smallest absolute Gasteiger partial charge is 0.324 e. The molecule has 0 saturated carbocycles. The second-order valence-corrected chi connectivity index (χ2v) is 10.7. The normalized spacial score (nSPS) is 17.2. The molecule has 1 N–H and O–H groups in total. The van der Waals surface area contributed by atoms with E-state index in [4.69, 9.17) is 19.7 Å². The molecule has 2 aliphatic rings. The maximum atomic E-state index is 13.7. The second-order valence-electron chi connectivity index (χ2n) is 10.7. The molecule has 42 heavy (non-hydrogen) atoms. The van der Waals surface area contributed by atoms with Crippen LogP contribution in [0.25, 0.3) is 11.1 Å². The van der Waals surface area contributed by atoms with Crippen molar-refractivity contribution >= 4 is 35.2 Å². The van der Waals surface area contributed by atoms with E-state index >= 15 is 0 Å². The summed E-state index contributed by atoms with van der Waals surface area (Å²) in [5.41, 5.74) is 6.47. The van der Waals surface area contributed by atoms with E-state index in [0.29, 0.717) is 36.2 Å². The Morgan fingerprint density at radius 3 is 2.05 bits per heavy atom. The molecule has 8 nitrogen and oxygen atoms in total. The van der Waals surface area contributed by atoms with Gasteiger partial charge in [-0.3, -0.25) is 4.90 Å². The predicted octanol–water partition coefficient (Wildman–Crippen LogP) is 6.55. The molecule has 1 aromatic heterocycles. The molecular formula is C34H32N6O2. The van der Waals surface area contributed by atoms with Crippen LogP contribution in [0.4, 0.5) is 10.6 Å². The molecule has 2 aliphatic heterocycles. The van der Waals surface area contributed by atoms with Crippen LogP contribution < -0.4 is 10.1 Å². The van der Waals surface area contributed by atoms with Crippen molar-refractivity contribution in [2.75, 3.05) is 7.11 Å². The van der Waals surface area contributed by atoms with E-state index in [1.165, 1.54) is 6.34 Å². The Morgan fingerprint density at radius 1 is 0.881 bits per heavy atom. The third kappa shape index (κ3) is 4.60. The SMILES string of the molecule is C=C(C)c1ccc(CN2C(=O)NC3(c4ccc(OC)cc4)C2=NC=Nc2c3ncn2Cc2ccc(C(=C)C)cc2)cc1. The predicted molar refractivity (Wildman–Crippen MR) is 167 cm³/mol. The maximum Gasteiger partial charge on any atom is 0.324 e. The first-order valence-corrected chi connectivity index (χ1v) is 13.7. The van der Waals surface area contributed by atoms with E-state index in [1.807, 2.05) is 66.9 Å². The highest BCUT2D eigenvalue weighted by molar-refractivity contribution is 6.15. The largest absolute Gasteiger partial charge is 0.497 e. The fraction of sp³-hybridized carbons (Fsp3) is 0.176. The van der Waals surface area contributed by atoms with Crippen molar-refractivity contribution < 1.29 is 9.53 Å². The summed E-state index contributed by atoms with van der Waals surface area (Å²) in [7, 11) is 1.63. The van der Waals surface area contributed by atoms with Crippen molar-refractivity contribution in [1.82, 2.24) is 19.8 Å². The number of urea groups is 1. The van der Waals surface area contributed by atoms with Gasteiger partial charge in [0.2, 0.25) is 0 Å². The summed E-state index contributed by atoms with van der Waals surface area (Å²) >= 11 is 0. The van der Waals surface area contributed by atoms with Crippen LogP contribution in [-0.2, 0) is 18.6 Å². The fourth-order valence-electron chi connectivity index (χ4n) is 5.44. The Hall–Kier alpha value is -5.24. The number of carbonyl (C=O) groups is 1. The molecule has 0 spiro atoms. The van der Waals surface area contributed by atoms with Crippen LogP contribution in [0.5, 0.6) is 5.75 Å². The molecule has 0 aliphatic carbocycles. The lowest BCUT2D eigenvalue weighted by Gasteiger charge is -2.28. The number of imidazole rings is 1. The molecule has 3 aromatic carbocycles. The molecule has 6 rings (SSSR count). The first kappa shape index (κ1) is 27.0. The van der Waals surface area contributed by atoms with E-state index in [9.17, 15) is 4.79 Å². The molecule has 2 amide bonds. The highest BCUT2D eigenvalue weighted by atomic mass is 16.5. The monoisotopic (exact) mass is 556 g/mol.